The van der Waals surface area contributed by atoms with Crippen LogP contribution < -0.4 is 10.1 Å². The lowest BCUT2D eigenvalue weighted by atomic mass is 9.90. The predicted octanol–water partition coefficient (Wildman–Crippen LogP) is 3.98. The van der Waals surface area contributed by atoms with Crippen LogP contribution in [0.1, 0.15) is 49.0 Å². The molecule has 0 spiro atoms. The minimum Gasteiger partial charge on any atom is -0.494 e. The first-order valence-corrected chi connectivity index (χ1v) is 11.4. The number of hydrogen-bond acceptors (Lipinski definition) is 5. The highest BCUT2D eigenvalue weighted by atomic mass is 16.6. The second kappa shape index (κ2) is 11.4. The van der Waals surface area contributed by atoms with Gasteiger partial charge in [0.05, 0.1) is 11.5 Å². The number of hydrogen-bond donors (Lipinski definition) is 1. The van der Waals surface area contributed by atoms with Crippen molar-refractivity contribution >= 4 is 17.5 Å². The van der Waals surface area contributed by atoms with Crippen LogP contribution in [0.4, 0.5) is 5.69 Å². The van der Waals surface area contributed by atoms with Gasteiger partial charge in [0.2, 0.25) is 5.91 Å². The molecule has 0 saturated carbocycles. The number of piperidine rings is 1. The lowest BCUT2D eigenvalue weighted by Gasteiger charge is -2.33. The van der Waals surface area contributed by atoms with Crippen LogP contribution in [0.3, 0.4) is 0 Å². The minimum atomic E-state index is -0.697. The molecule has 176 valence electrons. The second-order valence-electron chi connectivity index (χ2n) is 8.39. The third-order valence-electron chi connectivity index (χ3n) is 6.04. The number of nitrogens with one attached hydrogen (secondary N) is 1. The molecule has 0 aromatic heterocycles. The predicted molar refractivity (Wildman–Crippen MR) is 125 cm³/mol. The minimum absolute atomic E-state index is 0.126. The Balaban J connectivity index is 1.44. The van der Waals surface area contributed by atoms with Crippen LogP contribution in [-0.4, -0.2) is 47.4 Å². The summed E-state index contributed by atoms with van der Waals surface area (Å²) in [4.78, 5) is 37.4. The molecule has 1 fully saturated rings. The fourth-order valence-corrected chi connectivity index (χ4v) is 4.11. The fraction of sp³-hybridized carbons (Fsp3) is 0.440. The Morgan fingerprint density at radius 2 is 1.88 bits per heavy atom. The molecule has 1 atom stereocenters. The molecule has 1 aliphatic rings. The quantitative estimate of drug-likeness (QED) is 0.457. The number of nitro benzene ring substituents is 1. The van der Waals surface area contributed by atoms with Crippen LogP contribution in [0.2, 0.25) is 0 Å². The zero-order valence-corrected chi connectivity index (χ0v) is 19.2. The molecule has 0 radical (unpaired) electrons. The summed E-state index contributed by atoms with van der Waals surface area (Å²) in [5.41, 5.74) is 1.29. The van der Waals surface area contributed by atoms with E-state index in [-0.39, 0.29) is 17.2 Å². The maximum absolute atomic E-state index is 12.8. The molecule has 8 nitrogen and oxygen atoms in total. The summed E-state index contributed by atoms with van der Waals surface area (Å²) in [6, 6.07) is 13.0. The maximum atomic E-state index is 12.8. The van der Waals surface area contributed by atoms with Crippen molar-refractivity contribution in [2.75, 3.05) is 19.7 Å². The van der Waals surface area contributed by atoms with E-state index in [0.29, 0.717) is 25.6 Å². The molecule has 0 unspecified atom stereocenters. The number of nitrogens with zero attached hydrogens (tertiary/aromatic N) is 2. The van der Waals surface area contributed by atoms with Gasteiger partial charge in [-0.1, -0.05) is 18.2 Å². The monoisotopic (exact) mass is 453 g/mol. The van der Waals surface area contributed by atoms with Crippen LogP contribution in [-0.2, 0) is 11.2 Å². The van der Waals surface area contributed by atoms with Crippen molar-refractivity contribution < 1.29 is 19.2 Å². The van der Waals surface area contributed by atoms with Crippen molar-refractivity contribution in [2.45, 2.75) is 45.6 Å². The average molecular weight is 454 g/mol. The number of aryl methyl sites for hydroxylation is 1. The highest BCUT2D eigenvalue weighted by molar-refractivity contribution is 5.97. The van der Waals surface area contributed by atoms with Gasteiger partial charge < -0.3 is 15.0 Å². The summed E-state index contributed by atoms with van der Waals surface area (Å²) < 4.78 is 5.48. The van der Waals surface area contributed by atoms with Crippen LogP contribution >= 0.6 is 0 Å². The van der Waals surface area contributed by atoms with Gasteiger partial charge in [-0.25, -0.2) is 0 Å². The number of likely N-dealkylation sites (tertiary alicyclic amines) is 1. The standard InChI is InChI=1S/C25H31N3O5/c1-3-33-23-11-9-19(10-12-23)7-8-20-13-15-27(16-14-20)25(30)18(2)26-24(29)21-5-4-6-22(17-21)28(31)32/h4-6,9-12,17-18,20H,3,7-8,13-16H2,1-2H3,(H,26,29)/t18-/m0/s1. The Morgan fingerprint density at radius 3 is 2.52 bits per heavy atom. The number of ether oxygens (including phenoxy) is 1. The zero-order chi connectivity index (χ0) is 23.8. The van der Waals surface area contributed by atoms with Gasteiger partial charge in [0.25, 0.3) is 11.6 Å². The largest absolute Gasteiger partial charge is 0.494 e. The van der Waals surface area contributed by atoms with Crippen LogP contribution in [0.5, 0.6) is 5.75 Å². The number of amides is 2. The van der Waals surface area contributed by atoms with Gasteiger partial charge in [0, 0.05) is 30.8 Å². The molecule has 1 aliphatic heterocycles. The van der Waals surface area contributed by atoms with E-state index >= 15 is 0 Å². The number of nitro groups is 1. The lowest BCUT2D eigenvalue weighted by molar-refractivity contribution is -0.384. The van der Waals surface area contributed by atoms with Crippen LogP contribution in [0.25, 0.3) is 0 Å². The average Bonchev–Trinajstić information content (AvgIpc) is 2.83. The number of rotatable bonds is 9. The molecule has 0 bridgehead atoms. The summed E-state index contributed by atoms with van der Waals surface area (Å²) in [6.07, 6.45) is 3.96. The molecule has 2 amide bonds. The molecular formula is C25H31N3O5. The Labute approximate surface area is 194 Å². The topological polar surface area (TPSA) is 102 Å². The van der Waals surface area contributed by atoms with E-state index < -0.39 is 16.9 Å². The van der Waals surface area contributed by atoms with Crippen molar-refractivity contribution in [1.82, 2.24) is 10.2 Å². The first-order chi connectivity index (χ1) is 15.9. The van der Waals surface area contributed by atoms with E-state index in [1.54, 1.807) is 11.8 Å². The van der Waals surface area contributed by atoms with Gasteiger partial charge in [-0.3, -0.25) is 19.7 Å². The molecule has 0 aliphatic carbocycles. The van der Waals surface area contributed by atoms with Gasteiger partial charge in [0.15, 0.2) is 0 Å². The highest BCUT2D eigenvalue weighted by Gasteiger charge is 2.27. The van der Waals surface area contributed by atoms with E-state index in [0.717, 1.165) is 31.4 Å². The zero-order valence-electron chi connectivity index (χ0n) is 19.2. The van der Waals surface area contributed by atoms with Crippen LogP contribution in [0, 0.1) is 16.0 Å². The molecule has 33 heavy (non-hydrogen) atoms. The number of non-ortho nitro benzene ring substituents is 1. The lowest BCUT2D eigenvalue weighted by Crippen LogP contribution is -2.49. The highest BCUT2D eigenvalue weighted by Crippen LogP contribution is 2.24. The summed E-state index contributed by atoms with van der Waals surface area (Å²) in [6.45, 7) is 5.62. The van der Waals surface area contributed by atoms with Crippen molar-refractivity contribution in [1.29, 1.82) is 0 Å². The van der Waals surface area contributed by atoms with E-state index in [1.807, 2.05) is 19.1 Å². The van der Waals surface area contributed by atoms with Gasteiger partial charge in [-0.05, 0) is 69.2 Å². The third-order valence-corrected chi connectivity index (χ3v) is 6.04. The van der Waals surface area contributed by atoms with Crippen molar-refractivity contribution in [2.24, 2.45) is 5.92 Å². The molecule has 8 heteroatoms. The van der Waals surface area contributed by atoms with Crippen molar-refractivity contribution in [3.63, 3.8) is 0 Å². The van der Waals surface area contributed by atoms with Gasteiger partial charge in [-0.15, -0.1) is 0 Å². The summed E-state index contributed by atoms with van der Waals surface area (Å²) in [5, 5.41) is 13.6. The normalized spacial score (nSPS) is 15.0. The van der Waals surface area contributed by atoms with Gasteiger partial charge in [-0.2, -0.15) is 0 Å². The van der Waals surface area contributed by atoms with Crippen molar-refractivity contribution in [3.8, 4) is 5.75 Å². The summed E-state index contributed by atoms with van der Waals surface area (Å²) in [7, 11) is 0. The SMILES string of the molecule is CCOc1ccc(CCC2CCN(C(=O)[C@H](C)NC(=O)c3cccc([N+](=O)[O-])c3)CC2)cc1. The van der Waals surface area contributed by atoms with Gasteiger partial charge >= 0.3 is 0 Å². The Hall–Kier alpha value is -3.42. The fourth-order valence-electron chi connectivity index (χ4n) is 4.11. The Morgan fingerprint density at radius 1 is 1.18 bits per heavy atom. The maximum Gasteiger partial charge on any atom is 0.270 e. The molecule has 3 rings (SSSR count). The molecule has 1 N–H and O–H groups in total. The van der Waals surface area contributed by atoms with E-state index in [2.05, 4.69) is 17.4 Å². The Kier molecular flexibility index (Phi) is 8.40. The molecule has 1 heterocycles. The number of carbonyl (C=O) groups is 2. The van der Waals surface area contributed by atoms with Crippen LogP contribution in [0.15, 0.2) is 48.5 Å². The molecule has 1 saturated heterocycles. The third kappa shape index (κ3) is 6.78. The van der Waals surface area contributed by atoms with Gasteiger partial charge in [0.1, 0.15) is 11.8 Å². The summed E-state index contributed by atoms with van der Waals surface area (Å²) >= 11 is 0. The first-order valence-electron chi connectivity index (χ1n) is 11.4. The Bertz CT molecular complexity index is 968. The smallest absolute Gasteiger partial charge is 0.270 e. The molecular weight excluding hydrogens is 422 g/mol. The van der Waals surface area contributed by atoms with E-state index in [4.69, 9.17) is 4.74 Å². The molecule has 2 aromatic carbocycles. The summed E-state index contributed by atoms with van der Waals surface area (Å²) in [5.74, 6) is 0.832. The number of benzene rings is 2. The van der Waals surface area contributed by atoms with E-state index in [9.17, 15) is 19.7 Å². The number of carbonyl (C=O) groups excluding carboxylic acids is 2. The van der Waals surface area contributed by atoms with E-state index in [1.165, 1.54) is 29.8 Å². The van der Waals surface area contributed by atoms with Crippen molar-refractivity contribution in [3.05, 3.63) is 69.8 Å². The first kappa shape index (κ1) is 24.2. The second-order valence-corrected chi connectivity index (χ2v) is 8.39. The molecule has 2 aromatic rings.